The van der Waals surface area contributed by atoms with Crippen LogP contribution in [0.15, 0.2) is 47.3 Å². The van der Waals surface area contributed by atoms with E-state index in [-0.39, 0.29) is 35.5 Å². The molecule has 2 N–H and O–H groups in total. The molecule has 8 nitrogen and oxygen atoms in total. The summed E-state index contributed by atoms with van der Waals surface area (Å²) in [5.74, 6) is 0.783. The highest BCUT2D eigenvalue weighted by molar-refractivity contribution is 5.79. The molecule has 218 valence electrons. The van der Waals surface area contributed by atoms with Gasteiger partial charge in [-0.15, -0.1) is 0 Å². The van der Waals surface area contributed by atoms with Crippen LogP contribution in [0.4, 0.5) is 10.2 Å². The topological polar surface area (TPSA) is 90.7 Å². The Bertz CT molecular complexity index is 1460. The molecule has 1 amide bonds. The lowest BCUT2D eigenvalue weighted by molar-refractivity contribution is -0.137. The monoisotopic (exact) mass is 561 g/mol. The van der Waals surface area contributed by atoms with E-state index in [1.54, 1.807) is 47.9 Å². The van der Waals surface area contributed by atoms with Gasteiger partial charge in [0.25, 0.3) is 5.56 Å². The number of nitrogens with zero attached hydrogens (tertiary/aromatic N) is 4. The lowest BCUT2D eigenvalue weighted by atomic mass is 9.98. The Balaban J connectivity index is 1.58. The van der Waals surface area contributed by atoms with Crippen molar-refractivity contribution < 1.29 is 14.3 Å². The summed E-state index contributed by atoms with van der Waals surface area (Å²) in [6.07, 6.45) is 3.21. The van der Waals surface area contributed by atoms with Gasteiger partial charge in [-0.2, -0.15) is 0 Å². The Morgan fingerprint density at radius 1 is 1.15 bits per heavy atom. The number of aromatic nitrogens is 2. The third-order valence-corrected chi connectivity index (χ3v) is 8.49. The number of halogens is 1. The number of anilines is 1. The van der Waals surface area contributed by atoms with Crippen LogP contribution in [-0.2, 0) is 17.6 Å². The number of fused-ring (bicyclic) bond motifs is 1. The maximum absolute atomic E-state index is 14.2. The van der Waals surface area contributed by atoms with Crippen LogP contribution in [0.25, 0.3) is 5.69 Å². The SMILES string of the molecule is Cc1cc(CC(=O)N(C2CCN(C(C)C)CC2)[C@H](C)c2nc3c(c(=O)n2-c2ccc(O)cc2)CCCN3)ccc1F. The standard InChI is InChI=1S/C32H40FN5O3/c1-20(2)36-16-13-25(14-17-36)37(29(40)19-23-7-12-28(33)21(3)18-23)22(4)31-35-30-27(6-5-15-34-30)32(41)38(31)24-8-10-26(39)11-9-24/h7-12,18,20,22,25,34,39H,5-6,13-17,19H2,1-4H3/t22-/m1/s1. The molecular formula is C32H40FN5O3. The van der Waals surface area contributed by atoms with Gasteiger partial charge in [-0.3, -0.25) is 14.2 Å². The molecule has 1 fully saturated rings. The fraction of sp³-hybridized carbons (Fsp3) is 0.469. The number of hydrogen-bond acceptors (Lipinski definition) is 6. The molecule has 9 heteroatoms. The molecule has 2 aliphatic rings. The van der Waals surface area contributed by atoms with Crippen LogP contribution >= 0.6 is 0 Å². The van der Waals surface area contributed by atoms with E-state index in [2.05, 4.69) is 24.1 Å². The molecule has 41 heavy (non-hydrogen) atoms. The molecule has 2 aromatic carbocycles. The number of aryl methyl sites for hydroxylation is 1. The second kappa shape index (κ2) is 12.0. The lowest BCUT2D eigenvalue weighted by Gasteiger charge is -2.43. The fourth-order valence-electron chi connectivity index (χ4n) is 6.17. The van der Waals surface area contributed by atoms with Gasteiger partial charge in [-0.25, -0.2) is 9.37 Å². The maximum Gasteiger partial charge on any atom is 0.263 e. The first-order chi connectivity index (χ1) is 19.6. The molecule has 1 atom stereocenters. The highest BCUT2D eigenvalue weighted by Gasteiger charge is 2.35. The van der Waals surface area contributed by atoms with E-state index in [1.165, 1.54) is 6.07 Å². The third-order valence-electron chi connectivity index (χ3n) is 8.49. The van der Waals surface area contributed by atoms with Gasteiger partial charge < -0.3 is 20.2 Å². The zero-order valence-electron chi connectivity index (χ0n) is 24.4. The Hall–Kier alpha value is -3.72. The molecule has 0 aliphatic carbocycles. The number of rotatable bonds is 7. The third kappa shape index (κ3) is 6.00. The second-order valence-electron chi connectivity index (χ2n) is 11.6. The summed E-state index contributed by atoms with van der Waals surface area (Å²) in [5, 5.41) is 13.2. The molecule has 0 radical (unpaired) electrons. The minimum atomic E-state index is -0.518. The van der Waals surface area contributed by atoms with Crippen molar-refractivity contribution in [3.05, 3.63) is 81.2 Å². The molecule has 5 rings (SSSR count). The fourth-order valence-corrected chi connectivity index (χ4v) is 6.17. The molecule has 1 aromatic heterocycles. The zero-order chi connectivity index (χ0) is 29.3. The van der Waals surface area contributed by atoms with Crippen LogP contribution in [0.3, 0.4) is 0 Å². The van der Waals surface area contributed by atoms with E-state index in [1.807, 2.05) is 11.8 Å². The van der Waals surface area contributed by atoms with Crippen LogP contribution in [0.2, 0.25) is 0 Å². The highest BCUT2D eigenvalue weighted by Crippen LogP contribution is 2.31. The minimum Gasteiger partial charge on any atom is -0.508 e. The Kier molecular flexibility index (Phi) is 8.45. The molecule has 3 aromatic rings. The van der Waals surface area contributed by atoms with E-state index in [0.29, 0.717) is 40.9 Å². The molecule has 0 spiro atoms. The number of carbonyl (C=O) groups is 1. The number of aromatic hydroxyl groups is 1. The quantitative estimate of drug-likeness (QED) is 0.433. The number of piperidine rings is 1. The van der Waals surface area contributed by atoms with Crippen molar-refractivity contribution in [2.75, 3.05) is 25.0 Å². The number of phenols is 1. The van der Waals surface area contributed by atoms with Crippen LogP contribution in [0, 0.1) is 12.7 Å². The van der Waals surface area contributed by atoms with Gasteiger partial charge in [0.1, 0.15) is 23.2 Å². The van der Waals surface area contributed by atoms with E-state index < -0.39 is 6.04 Å². The molecule has 0 unspecified atom stereocenters. The van der Waals surface area contributed by atoms with Crippen molar-refractivity contribution in [3.63, 3.8) is 0 Å². The number of likely N-dealkylation sites (tertiary alicyclic amines) is 1. The van der Waals surface area contributed by atoms with E-state index in [4.69, 9.17) is 4.98 Å². The van der Waals surface area contributed by atoms with E-state index >= 15 is 0 Å². The van der Waals surface area contributed by atoms with Gasteiger partial charge >= 0.3 is 0 Å². The predicted molar refractivity (Wildman–Crippen MR) is 158 cm³/mol. The predicted octanol–water partition coefficient (Wildman–Crippen LogP) is 4.75. The van der Waals surface area contributed by atoms with Crippen LogP contribution in [0.1, 0.15) is 68.6 Å². The second-order valence-corrected chi connectivity index (χ2v) is 11.6. The molecular weight excluding hydrogens is 521 g/mol. The van der Waals surface area contributed by atoms with Crippen LogP contribution in [-0.4, -0.2) is 62.1 Å². The van der Waals surface area contributed by atoms with Crippen molar-refractivity contribution in [1.29, 1.82) is 0 Å². The van der Waals surface area contributed by atoms with E-state index in [9.17, 15) is 19.1 Å². The normalized spacial score (nSPS) is 16.7. The molecule has 2 aliphatic heterocycles. The summed E-state index contributed by atoms with van der Waals surface area (Å²) >= 11 is 0. The molecule has 3 heterocycles. The summed E-state index contributed by atoms with van der Waals surface area (Å²) < 4.78 is 15.6. The van der Waals surface area contributed by atoms with Gasteiger partial charge in [0.15, 0.2) is 0 Å². The minimum absolute atomic E-state index is 0.0387. The van der Waals surface area contributed by atoms with Gasteiger partial charge in [0, 0.05) is 31.7 Å². The largest absolute Gasteiger partial charge is 0.508 e. The smallest absolute Gasteiger partial charge is 0.263 e. The zero-order valence-corrected chi connectivity index (χ0v) is 24.4. The van der Waals surface area contributed by atoms with Crippen molar-refractivity contribution in [3.8, 4) is 11.4 Å². The van der Waals surface area contributed by atoms with Crippen molar-refractivity contribution >= 4 is 11.7 Å². The van der Waals surface area contributed by atoms with Crippen LogP contribution < -0.4 is 10.9 Å². The molecule has 1 saturated heterocycles. The summed E-state index contributed by atoms with van der Waals surface area (Å²) in [6, 6.07) is 11.2. The Morgan fingerprint density at radius 2 is 1.85 bits per heavy atom. The van der Waals surface area contributed by atoms with Gasteiger partial charge in [-0.05, 0) is 94.8 Å². The molecule has 0 bridgehead atoms. The van der Waals surface area contributed by atoms with Crippen molar-refractivity contribution in [2.24, 2.45) is 0 Å². The van der Waals surface area contributed by atoms with Gasteiger partial charge in [0.05, 0.1) is 23.7 Å². The average molecular weight is 562 g/mol. The summed E-state index contributed by atoms with van der Waals surface area (Å²) in [6.45, 7) is 10.5. The van der Waals surface area contributed by atoms with Crippen molar-refractivity contribution in [1.82, 2.24) is 19.4 Å². The summed E-state index contributed by atoms with van der Waals surface area (Å²) in [5.41, 5.74) is 2.31. The number of carbonyl (C=O) groups excluding carboxylic acids is 1. The summed E-state index contributed by atoms with van der Waals surface area (Å²) in [4.78, 5) is 37.4. The van der Waals surface area contributed by atoms with Gasteiger partial charge in [0.2, 0.25) is 5.91 Å². The first-order valence-corrected chi connectivity index (χ1v) is 14.6. The average Bonchev–Trinajstić information content (AvgIpc) is 2.96. The number of phenolic OH excluding ortho intramolecular Hbond substituents is 1. The van der Waals surface area contributed by atoms with E-state index in [0.717, 1.165) is 44.5 Å². The Morgan fingerprint density at radius 3 is 2.51 bits per heavy atom. The summed E-state index contributed by atoms with van der Waals surface area (Å²) in [7, 11) is 0. The Labute approximate surface area is 240 Å². The first-order valence-electron chi connectivity index (χ1n) is 14.6. The first kappa shape index (κ1) is 28.8. The van der Waals surface area contributed by atoms with Crippen LogP contribution in [0.5, 0.6) is 5.75 Å². The number of hydrogen-bond donors (Lipinski definition) is 2. The van der Waals surface area contributed by atoms with Gasteiger partial charge in [-0.1, -0.05) is 12.1 Å². The number of nitrogens with one attached hydrogen (secondary N) is 1. The lowest BCUT2D eigenvalue weighted by Crippen LogP contribution is -2.51. The maximum atomic E-state index is 14.2. The highest BCUT2D eigenvalue weighted by atomic mass is 19.1. The number of amides is 1. The number of benzene rings is 2. The van der Waals surface area contributed by atoms with Crippen molar-refractivity contribution in [2.45, 2.75) is 77.9 Å². The molecule has 0 saturated carbocycles.